The maximum atomic E-state index is 2.60. The van der Waals surface area contributed by atoms with Crippen LogP contribution in [0.3, 0.4) is 0 Å². The summed E-state index contributed by atoms with van der Waals surface area (Å²) in [7, 11) is 0. The Bertz CT molecular complexity index is 2760. The monoisotopic (exact) mass is 786 g/mol. The van der Waals surface area contributed by atoms with Crippen LogP contribution in [0, 0.1) is 0 Å². The van der Waals surface area contributed by atoms with E-state index in [1.807, 2.05) is 0 Å². The maximum Gasteiger partial charge on any atom is 0.0273 e. The van der Waals surface area contributed by atoms with Gasteiger partial charge in [0.15, 0.2) is 0 Å². The average Bonchev–Trinajstić information content (AvgIpc) is 3.64. The lowest BCUT2D eigenvalue weighted by atomic mass is 9.64. The summed E-state index contributed by atoms with van der Waals surface area (Å²) in [5, 5.41) is 8.14. The van der Waals surface area contributed by atoms with Crippen LogP contribution in [-0.4, -0.2) is 9.49 Å². The number of benzene rings is 8. The van der Waals surface area contributed by atoms with Crippen LogP contribution in [0.2, 0.25) is 0 Å². The molecule has 4 atom stereocenters. The molecule has 0 spiro atoms. The second kappa shape index (κ2) is 12.5. The molecule has 12 rings (SSSR count). The van der Waals surface area contributed by atoms with Crippen molar-refractivity contribution in [1.29, 1.82) is 0 Å². The van der Waals surface area contributed by atoms with Gasteiger partial charge in [0.1, 0.15) is 0 Å². The summed E-state index contributed by atoms with van der Waals surface area (Å²) in [4.78, 5) is 2.98. The molecule has 0 aromatic heterocycles. The summed E-state index contributed by atoms with van der Waals surface area (Å²) < 4.78 is 0.523. The summed E-state index contributed by atoms with van der Waals surface area (Å²) in [6.07, 6.45) is 10.4. The van der Waals surface area contributed by atoms with Crippen molar-refractivity contribution >= 4 is 55.8 Å². The minimum atomic E-state index is 0.188. The Kier molecular flexibility index (Phi) is 7.65. The molecule has 2 aliphatic carbocycles. The fourth-order valence-electron chi connectivity index (χ4n) is 12.2. The first-order valence-electron chi connectivity index (χ1n) is 21.8. The predicted molar refractivity (Wildman–Crippen MR) is 252 cm³/mol. The number of fused-ring (bicyclic) bond motifs is 6. The van der Waals surface area contributed by atoms with Crippen LogP contribution < -0.4 is 0 Å². The Balaban J connectivity index is 1.16. The number of hydrogen-bond donors (Lipinski definition) is 0. The molecule has 8 aromatic carbocycles. The van der Waals surface area contributed by atoms with E-state index in [0.717, 1.165) is 0 Å². The third-order valence-corrected chi connectivity index (χ3v) is 19.4. The van der Waals surface area contributed by atoms with Crippen molar-refractivity contribution in [2.24, 2.45) is 0 Å². The molecule has 2 aliphatic heterocycles. The van der Waals surface area contributed by atoms with Crippen LogP contribution in [-0.2, 0) is 10.8 Å². The zero-order chi connectivity index (χ0) is 39.0. The van der Waals surface area contributed by atoms with Gasteiger partial charge in [-0.3, -0.25) is 0 Å². The molecule has 4 unspecified atom stereocenters. The largest absolute Gasteiger partial charge is 0.118 e. The van der Waals surface area contributed by atoms with E-state index in [0.29, 0.717) is 0 Å². The second-order valence-corrected chi connectivity index (χ2v) is 22.0. The summed E-state index contributed by atoms with van der Waals surface area (Å²) >= 11 is 4.29. The molecule has 4 aliphatic rings. The Morgan fingerprint density at radius 1 is 0.362 bits per heavy atom. The summed E-state index contributed by atoms with van der Waals surface area (Å²) in [5.74, 6) is 0. The van der Waals surface area contributed by atoms with Gasteiger partial charge < -0.3 is 0 Å². The molecule has 0 N–H and O–H groups in total. The van der Waals surface area contributed by atoms with Crippen LogP contribution in [0.1, 0.15) is 90.2 Å². The average molecular weight is 787 g/mol. The predicted octanol–water partition coefficient (Wildman–Crippen LogP) is 16.6. The number of thioether (sulfide) groups is 2. The quantitative estimate of drug-likeness (QED) is 0.163. The van der Waals surface area contributed by atoms with Gasteiger partial charge in [-0.15, -0.1) is 23.5 Å². The van der Waals surface area contributed by atoms with Crippen LogP contribution >= 0.6 is 23.5 Å². The Labute approximate surface area is 352 Å². The van der Waals surface area contributed by atoms with Crippen molar-refractivity contribution in [3.63, 3.8) is 0 Å². The van der Waals surface area contributed by atoms with E-state index in [1.165, 1.54) is 138 Å². The number of hydrogen-bond acceptors (Lipinski definition) is 2. The van der Waals surface area contributed by atoms with E-state index < -0.39 is 0 Å². The normalized spacial score (nSPS) is 26.2. The molecule has 0 bridgehead atoms. The first kappa shape index (κ1) is 35.4. The fraction of sp³-hybridized carbons (Fsp3) is 0.286. The lowest BCUT2D eigenvalue weighted by molar-refractivity contribution is 0.260. The van der Waals surface area contributed by atoms with Crippen molar-refractivity contribution in [3.8, 4) is 44.5 Å². The third-order valence-electron chi connectivity index (χ3n) is 16.0. The van der Waals surface area contributed by atoms with Crippen molar-refractivity contribution in [2.75, 3.05) is 0 Å². The van der Waals surface area contributed by atoms with Crippen LogP contribution in [0.25, 0.3) is 76.8 Å². The highest BCUT2D eigenvalue weighted by molar-refractivity contribution is 8.01. The first-order valence-corrected chi connectivity index (χ1v) is 23.4. The van der Waals surface area contributed by atoms with Gasteiger partial charge in [0.25, 0.3) is 0 Å². The molecule has 58 heavy (non-hydrogen) atoms. The Morgan fingerprint density at radius 2 is 0.724 bits per heavy atom. The minimum Gasteiger partial charge on any atom is -0.118 e. The topological polar surface area (TPSA) is 0 Å². The smallest absolute Gasteiger partial charge is 0.0273 e. The van der Waals surface area contributed by atoms with Gasteiger partial charge in [-0.1, -0.05) is 137 Å². The second-order valence-electron chi connectivity index (χ2n) is 18.9. The van der Waals surface area contributed by atoms with Crippen LogP contribution in [0.4, 0.5) is 0 Å². The SMILES string of the molecule is CC12CCCCC1(C)c1cc(-c3cc(-c4ccccc4)c4ccc5c(-c6ccc7c(c6)C6(C)CCCCC6(C)S7)cc(-c6ccccc6)c6ccc3c4c65)ccc1S2. The van der Waals surface area contributed by atoms with E-state index in [9.17, 15) is 0 Å². The molecule has 8 aromatic rings. The molecular formula is C56H50S2. The third kappa shape index (κ3) is 4.80. The summed E-state index contributed by atoms with van der Waals surface area (Å²) in [6, 6.07) is 52.1. The molecule has 0 nitrogen and oxygen atoms in total. The molecule has 286 valence electrons. The highest BCUT2D eigenvalue weighted by Gasteiger charge is 2.54. The van der Waals surface area contributed by atoms with E-state index in [2.05, 4.69) is 185 Å². The van der Waals surface area contributed by atoms with Crippen molar-refractivity contribution in [2.45, 2.75) is 109 Å². The summed E-state index contributed by atoms with van der Waals surface area (Å²) in [6.45, 7) is 10.2. The van der Waals surface area contributed by atoms with Gasteiger partial charge >= 0.3 is 0 Å². The fourth-order valence-corrected chi connectivity index (χ4v) is 15.6. The minimum absolute atomic E-state index is 0.188. The van der Waals surface area contributed by atoms with Crippen LogP contribution in [0.15, 0.2) is 143 Å². The molecule has 0 radical (unpaired) electrons. The van der Waals surface area contributed by atoms with Gasteiger partial charge in [0.05, 0.1) is 0 Å². The van der Waals surface area contributed by atoms with Gasteiger partial charge in [-0.25, -0.2) is 0 Å². The van der Waals surface area contributed by atoms with Crippen LogP contribution in [0.5, 0.6) is 0 Å². The summed E-state index contributed by atoms with van der Waals surface area (Å²) in [5.41, 5.74) is 14.0. The van der Waals surface area contributed by atoms with Crippen molar-refractivity contribution < 1.29 is 0 Å². The van der Waals surface area contributed by atoms with E-state index in [-0.39, 0.29) is 20.3 Å². The maximum absolute atomic E-state index is 2.60. The molecule has 2 heteroatoms. The Hall–Kier alpha value is -4.50. The van der Waals surface area contributed by atoms with Gasteiger partial charge in [-0.05, 0) is 164 Å². The van der Waals surface area contributed by atoms with Crippen molar-refractivity contribution in [3.05, 3.63) is 145 Å². The van der Waals surface area contributed by atoms with E-state index >= 15 is 0 Å². The standard InChI is InChI=1S/C56H50S2/c1-53-27-11-13-29-55(53,3)57-49-25-19-37(31-47(49)53)45-33-43(35-15-7-5-8-16-35)39-22-24-42-46(38-20-26-50-48(32-38)54(2)28-12-14-30-56(54,4)58-50)34-44(36-17-9-6-10-18-36)40-21-23-41(45)51(39)52(40)42/h5-10,15-26,31-34H,11-14,27-30H2,1-4H3. The molecule has 0 amide bonds. The lowest BCUT2D eigenvalue weighted by Crippen LogP contribution is -2.43. The zero-order valence-corrected chi connectivity index (χ0v) is 35.8. The molecule has 2 heterocycles. The zero-order valence-electron chi connectivity index (χ0n) is 34.2. The highest BCUT2D eigenvalue weighted by atomic mass is 32.2. The Morgan fingerprint density at radius 3 is 1.12 bits per heavy atom. The van der Waals surface area contributed by atoms with E-state index in [1.54, 1.807) is 11.1 Å². The van der Waals surface area contributed by atoms with Crippen molar-refractivity contribution in [1.82, 2.24) is 0 Å². The highest BCUT2D eigenvalue weighted by Crippen LogP contribution is 2.65. The van der Waals surface area contributed by atoms with Gasteiger partial charge in [0.2, 0.25) is 0 Å². The van der Waals surface area contributed by atoms with E-state index in [4.69, 9.17) is 0 Å². The molecular weight excluding hydrogens is 737 g/mol. The van der Waals surface area contributed by atoms with Gasteiger partial charge in [0, 0.05) is 30.1 Å². The molecule has 2 saturated carbocycles. The molecule has 0 saturated heterocycles. The van der Waals surface area contributed by atoms with Gasteiger partial charge in [-0.2, -0.15) is 0 Å². The number of rotatable bonds is 4. The lowest BCUT2D eigenvalue weighted by Gasteiger charge is -2.45. The first-order chi connectivity index (χ1) is 28.2. The molecule has 2 fully saturated rings.